The average molecular weight is 643 g/mol. The van der Waals surface area contributed by atoms with Crippen LogP contribution in [0, 0.1) is 0 Å². The molecule has 5 rings (SSSR count). The first-order valence-electron chi connectivity index (χ1n) is 16.8. The van der Waals surface area contributed by atoms with Crippen molar-refractivity contribution in [3.63, 3.8) is 0 Å². The molecule has 1 unspecified atom stereocenters. The first-order chi connectivity index (χ1) is 23.0. The quantitative estimate of drug-likeness (QED) is 0.144. The summed E-state index contributed by atoms with van der Waals surface area (Å²) < 4.78 is 18.9. The van der Waals surface area contributed by atoms with Crippen molar-refractivity contribution in [1.82, 2.24) is 24.3 Å². The number of carbonyl (C=O) groups is 1. The fourth-order valence-electron chi connectivity index (χ4n) is 6.60. The van der Waals surface area contributed by atoms with Crippen LogP contribution < -0.4 is 19.1 Å². The maximum atomic E-state index is 13.7. The Hall–Kier alpha value is -4.31. The lowest BCUT2D eigenvalue weighted by Crippen LogP contribution is -2.35. The predicted molar refractivity (Wildman–Crippen MR) is 187 cm³/mol. The lowest BCUT2D eigenvalue weighted by molar-refractivity contribution is 0.0782. The minimum atomic E-state index is -0.106. The Morgan fingerprint density at radius 3 is 2.43 bits per heavy atom. The number of carbonyl (C=O) groups excluding carboxylic acids is 1. The second-order valence-electron chi connectivity index (χ2n) is 12.3. The highest BCUT2D eigenvalue weighted by Gasteiger charge is 2.25. The lowest BCUT2D eigenvalue weighted by Gasteiger charge is -2.28. The zero-order valence-electron chi connectivity index (χ0n) is 28.7. The van der Waals surface area contributed by atoms with Crippen LogP contribution in [0.5, 0.6) is 17.2 Å². The van der Waals surface area contributed by atoms with E-state index in [1.807, 2.05) is 19.3 Å². The number of benzene rings is 2. The van der Waals surface area contributed by atoms with E-state index >= 15 is 0 Å². The number of aromatic nitrogens is 3. The van der Waals surface area contributed by atoms with Gasteiger partial charge in [0, 0.05) is 63.6 Å². The maximum Gasteiger partial charge on any atom is 0.253 e. The number of unbranched alkanes of at least 4 members (excludes halogenated alkanes) is 2. The van der Waals surface area contributed by atoms with Crippen molar-refractivity contribution in [1.29, 1.82) is 0 Å². The summed E-state index contributed by atoms with van der Waals surface area (Å²) >= 11 is 0. The van der Waals surface area contributed by atoms with Gasteiger partial charge >= 0.3 is 0 Å². The molecule has 1 aliphatic heterocycles. The molecular weight excluding hydrogens is 592 g/mol. The van der Waals surface area contributed by atoms with Crippen LogP contribution in [0.25, 0.3) is 11.0 Å². The van der Waals surface area contributed by atoms with Gasteiger partial charge in [0.25, 0.3) is 5.91 Å². The lowest BCUT2D eigenvalue weighted by atomic mass is 9.96. The molecule has 0 spiro atoms. The first kappa shape index (κ1) is 34.0. The van der Waals surface area contributed by atoms with Gasteiger partial charge in [-0.3, -0.25) is 9.78 Å². The van der Waals surface area contributed by atoms with Gasteiger partial charge in [-0.25, -0.2) is 4.98 Å². The zero-order valence-corrected chi connectivity index (χ0v) is 28.7. The van der Waals surface area contributed by atoms with Crippen LogP contribution in [-0.4, -0.2) is 97.9 Å². The fourth-order valence-corrected chi connectivity index (χ4v) is 6.60. The summed E-state index contributed by atoms with van der Waals surface area (Å²) in [6.45, 7) is 8.68. The maximum absolute atomic E-state index is 13.7. The summed E-state index contributed by atoms with van der Waals surface area (Å²) in [5.74, 6) is 2.50. The number of methoxy groups -OCH3 is 3. The number of imidazole rings is 1. The molecule has 2 aromatic carbocycles. The number of anilines is 1. The highest BCUT2D eigenvalue weighted by atomic mass is 16.5. The van der Waals surface area contributed by atoms with Gasteiger partial charge in [0.2, 0.25) is 11.7 Å². The fraction of sp³-hybridized carbons (Fsp3) is 0.486. The summed E-state index contributed by atoms with van der Waals surface area (Å²) in [6.07, 6.45) is 9.30. The van der Waals surface area contributed by atoms with Gasteiger partial charge in [-0.2, -0.15) is 0 Å². The van der Waals surface area contributed by atoms with Crippen LogP contribution in [0.1, 0.15) is 60.9 Å². The third kappa shape index (κ3) is 8.16. The molecule has 4 aromatic rings. The van der Waals surface area contributed by atoms with Crippen LogP contribution >= 0.6 is 0 Å². The molecule has 0 aliphatic carbocycles. The van der Waals surface area contributed by atoms with Gasteiger partial charge in [-0.15, -0.1) is 0 Å². The molecule has 0 saturated carbocycles. The van der Waals surface area contributed by atoms with Crippen molar-refractivity contribution in [3.05, 3.63) is 72.1 Å². The van der Waals surface area contributed by atoms with Crippen molar-refractivity contribution in [2.45, 2.75) is 51.5 Å². The van der Waals surface area contributed by atoms with Crippen molar-refractivity contribution >= 4 is 22.9 Å². The molecule has 0 radical (unpaired) electrons. The van der Waals surface area contributed by atoms with Gasteiger partial charge in [0.05, 0.1) is 32.4 Å². The van der Waals surface area contributed by atoms with Crippen LogP contribution in [0.3, 0.4) is 0 Å². The minimum absolute atomic E-state index is 0.106. The van der Waals surface area contributed by atoms with Crippen LogP contribution in [-0.2, 0) is 6.54 Å². The second-order valence-corrected chi connectivity index (χ2v) is 12.3. The Kier molecular flexibility index (Phi) is 11.9. The molecule has 47 heavy (non-hydrogen) atoms. The molecule has 1 saturated heterocycles. The molecule has 1 amide bonds. The van der Waals surface area contributed by atoms with Crippen molar-refractivity contribution in [2.24, 2.45) is 0 Å². The van der Waals surface area contributed by atoms with E-state index < -0.39 is 0 Å². The zero-order chi connectivity index (χ0) is 33.2. The van der Waals surface area contributed by atoms with E-state index in [1.54, 1.807) is 44.6 Å². The number of hydrogen-bond acceptors (Lipinski definition) is 8. The van der Waals surface area contributed by atoms with Gasteiger partial charge in [0.1, 0.15) is 0 Å². The van der Waals surface area contributed by atoms with Gasteiger partial charge in [-0.1, -0.05) is 38.0 Å². The molecule has 2 aromatic heterocycles. The van der Waals surface area contributed by atoms with E-state index in [4.69, 9.17) is 19.2 Å². The van der Waals surface area contributed by atoms with Crippen molar-refractivity contribution in [2.75, 3.05) is 72.5 Å². The summed E-state index contributed by atoms with van der Waals surface area (Å²) in [5.41, 5.74) is 3.92. The number of para-hydroxylation sites is 2. The molecule has 1 aliphatic rings. The predicted octanol–water partition coefficient (Wildman–Crippen LogP) is 6.11. The molecule has 10 nitrogen and oxygen atoms in total. The SMILES string of the molecule is CCCCCn1c(N2CCCN(CCC(CN(C)C(=O)c3cc(OC)c(OC)c(OC)c3)c3cccnc3)CC2)nc2ccccc21. The highest BCUT2D eigenvalue weighted by Crippen LogP contribution is 2.38. The number of aryl methyl sites for hydroxylation is 1. The summed E-state index contributed by atoms with van der Waals surface area (Å²) in [4.78, 5) is 30.0. The Morgan fingerprint density at radius 1 is 0.936 bits per heavy atom. The Labute approximate surface area is 279 Å². The van der Waals surface area contributed by atoms with E-state index in [2.05, 4.69) is 56.6 Å². The number of amides is 1. The molecule has 1 fully saturated rings. The van der Waals surface area contributed by atoms with Crippen LogP contribution in [0.4, 0.5) is 5.95 Å². The Balaban J connectivity index is 1.26. The number of likely N-dealkylation sites (N-methyl/N-ethyl adjacent to an activating group) is 1. The molecule has 0 N–H and O–H groups in total. The largest absolute Gasteiger partial charge is 0.493 e. The standard InChI is InChI=1S/C37H50N6O4/c1-6-7-10-20-43-32-15-9-8-14-31(32)39-37(43)42-19-12-18-41(22-23-42)21-16-29(28-13-11-17-38-26-28)27-40(2)36(44)30-24-33(45-3)35(47-5)34(25-30)46-4/h8-9,11,13-15,17,24-26,29H,6-7,10,12,16,18-23,27H2,1-5H3. The van der Waals surface area contributed by atoms with Crippen molar-refractivity contribution < 1.29 is 19.0 Å². The van der Waals surface area contributed by atoms with Gasteiger partial charge < -0.3 is 33.5 Å². The number of fused-ring (bicyclic) bond motifs is 1. The molecule has 0 bridgehead atoms. The summed E-state index contributed by atoms with van der Waals surface area (Å²) in [7, 11) is 6.52. The number of pyridine rings is 1. The molecule has 10 heteroatoms. The summed E-state index contributed by atoms with van der Waals surface area (Å²) in [6, 6.07) is 16.0. The van der Waals surface area contributed by atoms with E-state index in [9.17, 15) is 4.79 Å². The number of ether oxygens (including phenoxy) is 3. The Morgan fingerprint density at radius 2 is 1.72 bits per heavy atom. The topological polar surface area (TPSA) is 85.2 Å². The number of hydrogen-bond donors (Lipinski definition) is 0. The third-order valence-corrected chi connectivity index (χ3v) is 9.19. The highest BCUT2D eigenvalue weighted by molar-refractivity contribution is 5.95. The van der Waals surface area contributed by atoms with Crippen LogP contribution in [0.2, 0.25) is 0 Å². The van der Waals surface area contributed by atoms with E-state index in [1.165, 1.54) is 18.4 Å². The van der Waals surface area contributed by atoms with Crippen LogP contribution in [0.15, 0.2) is 60.9 Å². The normalized spacial score (nSPS) is 14.5. The van der Waals surface area contributed by atoms with Gasteiger partial charge in [-0.05, 0) is 68.2 Å². The Bertz CT molecular complexity index is 1570. The smallest absolute Gasteiger partial charge is 0.253 e. The molecule has 252 valence electrons. The molecular formula is C37H50N6O4. The first-order valence-corrected chi connectivity index (χ1v) is 16.8. The number of rotatable bonds is 15. The minimum Gasteiger partial charge on any atom is -0.493 e. The number of nitrogens with zero attached hydrogens (tertiary/aromatic N) is 6. The third-order valence-electron chi connectivity index (χ3n) is 9.19. The monoisotopic (exact) mass is 642 g/mol. The average Bonchev–Trinajstić information content (AvgIpc) is 3.31. The van der Waals surface area contributed by atoms with E-state index in [0.29, 0.717) is 29.4 Å². The molecule has 3 heterocycles. The van der Waals surface area contributed by atoms with Gasteiger partial charge in [0.15, 0.2) is 11.5 Å². The molecule has 1 atom stereocenters. The van der Waals surface area contributed by atoms with Crippen molar-refractivity contribution in [3.8, 4) is 17.2 Å². The summed E-state index contributed by atoms with van der Waals surface area (Å²) in [5, 5.41) is 0. The van der Waals surface area contributed by atoms with E-state index in [-0.39, 0.29) is 11.8 Å². The second kappa shape index (κ2) is 16.5. The van der Waals surface area contributed by atoms with E-state index in [0.717, 1.165) is 75.6 Å².